The second kappa shape index (κ2) is 17.1. The number of nitrogens with zero attached hydrogens (tertiary/aromatic N) is 2. The first-order chi connectivity index (χ1) is 25.6. The zero-order valence-corrected chi connectivity index (χ0v) is 29.7. The van der Waals surface area contributed by atoms with Crippen LogP contribution in [0.5, 0.6) is 5.75 Å². The maximum Gasteiger partial charge on any atom is 0.408 e. The van der Waals surface area contributed by atoms with Crippen LogP contribution in [-0.2, 0) is 43.6 Å². The first-order valence-corrected chi connectivity index (χ1v) is 17.6. The summed E-state index contributed by atoms with van der Waals surface area (Å²) in [6.07, 6.45) is -3.14. The van der Waals surface area contributed by atoms with E-state index in [4.69, 9.17) is 14.2 Å². The minimum absolute atomic E-state index is 0.0351. The van der Waals surface area contributed by atoms with Crippen LogP contribution in [0, 0.1) is 5.92 Å². The van der Waals surface area contributed by atoms with Crippen molar-refractivity contribution < 1.29 is 43.9 Å². The summed E-state index contributed by atoms with van der Waals surface area (Å²) in [5.74, 6) is -0.891. The van der Waals surface area contributed by atoms with Gasteiger partial charge in [0.25, 0.3) is 5.91 Å². The Morgan fingerprint density at radius 3 is 2.32 bits per heavy atom. The molecule has 2 saturated heterocycles. The molecule has 6 rings (SSSR count). The van der Waals surface area contributed by atoms with Crippen LogP contribution in [0.3, 0.4) is 0 Å². The minimum Gasteiger partial charge on any atom is -0.508 e. The lowest BCUT2D eigenvalue weighted by atomic mass is 9.90. The van der Waals surface area contributed by atoms with E-state index in [9.17, 15) is 29.7 Å². The van der Waals surface area contributed by atoms with Gasteiger partial charge >= 0.3 is 6.09 Å². The number of imide groups is 1. The third kappa shape index (κ3) is 9.47. The molecule has 2 heterocycles. The number of carbonyl (C=O) groups is 3. The molecule has 12 heteroatoms. The van der Waals surface area contributed by atoms with E-state index >= 15 is 0 Å². The lowest BCUT2D eigenvalue weighted by molar-refractivity contribution is -0.276. The van der Waals surface area contributed by atoms with Gasteiger partial charge in [-0.25, -0.2) is 4.79 Å². The summed E-state index contributed by atoms with van der Waals surface area (Å²) in [4.78, 5) is 41.4. The van der Waals surface area contributed by atoms with Crippen LogP contribution in [0.1, 0.15) is 65.2 Å². The van der Waals surface area contributed by atoms with E-state index in [2.05, 4.69) is 12.2 Å². The van der Waals surface area contributed by atoms with Gasteiger partial charge in [-0.05, 0) is 47.0 Å². The van der Waals surface area contributed by atoms with Gasteiger partial charge in [-0.15, -0.1) is 0 Å². The smallest absolute Gasteiger partial charge is 0.408 e. The maximum atomic E-state index is 13.1. The minimum atomic E-state index is -1.00. The number of nitrogens with one attached hydrogen (secondary N) is 1. The number of ether oxygens (including phenoxy) is 3. The van der Waals surface area contributed by atoms with Crippen molar-refractivity contribution in [1.82, 2.24) is 15.1 Å². The van der Waals surface area contributed by atoms with Gasteiger partial charge in [-0.3, -0.25) is 14.5 Å². The molecule has 0 aromatic heterocycles. The first kappa shape index (κ1) is 37.6. The van der Waals surface area contributed by atoms with E-state index in [1.165, 1.54) is 0 Å². The number of rotatable bonds is 13. The highest BCUT2D eigenvalue weighted by molar-refractivity contribution is 6.06. The Balaban J connectivity index is 1.11. The molecule has 0 aliphatic carbocycles. The molecule has 0 bridgehead atoms. The summed E-state index contributed by atoms with van der Waals surface area (Å²) in [6, 6.07) is 29.7. The van der Waals surface area contributed by atoms with Gasteiger partial charge in [0.2, 0.25) is 5.91 Å². The number of hydrogen-bond acceptors (Lipinski definition) is 10. The molecule has 2 aliphatic rings. The van der Waals surface area contributed by atoms with Crippen LogP contribution in [0.2, 0.25) is 0 Å². The summed E-state index contributed by atoms with van der Waals surface area (Å²) < 4.78 is 18.4. The predicted octanol–water partition coefficient (Wildman–Crippen LogP) is 4.90. The monoisotopic (exact) mass is 723 g/mol. The third-order valence-corrected chi connectivity index (χ3v) is 9.70. The van der Waals surface area contributed by atoms with E-state index in [0.717, 1.165) is 27.2 Å². The molecule has 0 saturated carbocycles. The highest BCUT2D eigenvalue weighted by Crippen LogP contribution is 2.42. The average molecular weight is 724 g/mol. The number of likely N-dealkylation sites (N-methyl/N-ethyl adjacent to an activating group) is 1. The fraction of sp³-hybridized carbons (Fsp3) is 0.341. The van der Waals surface area contributed by atoms with Gasteiger partial charge in [0.15, 0.2) is 6.29 Å². The second-order valence-corrected chi connectivity index (χ2v) is 13.7. The molecule has 2 fully saturated rings. The molecule has 4 N–H and O–H groups in total. The van der Waals surface area contributed by atoms with Crippen molar-refractivity contribution in [2.75, 3.05) is 20.1 Å². The van der Waals surface area contributed by atoms with Gasteiger partial charge < -0.3 is 39.7 Å². The summed E-state index contributed by atoms with van der Waals surface area (Å²) in [7, 11) is 1.90. The summed E-state index contributed by atoms with van der Waals surface area (Å²) in [5, 5.41) is 32.9. The van der Waals surface area contributed by atoms with Crippen LogP contribution in [-0.4, -0.2) is 75.3 Å². The van der Waals surface area contributed by atoms with E-state index in [0.29, 0.717) is 24.2 Å². The number of carbonyl (C=O) groups excluding carboxylic acids is 3. The van der Waals surface area contributed by atoms with E-state index < -0.39 is 36.3 Å². The van der Waals surface area contributed by atoms with Crippen molar-refractivity contribution in [3.05, 3.63) is 137 Å². The number of likely N-dealkylation sites (tertiary alicyclic amines) is 1. The van der Waals surface area contributed by atoms with E-state index in [1.807, 2.05) is 90.8 Å². The fourth-order valence-electron chi connectivity index (χ4n) is 6.67. The van der Waals surface area contributed by atoms with Crippen molar-refractivity contribution in [3.63, 3.8) is 0 Å². The van der Waals surface area contributed by atoms with Crippen LogP contribution in [0.15, 0.2) is 103 Å². The van der Waals surface area contributed by atoms with Crippen LogP contribution in [0.4, 0.5) is 4.79 Å². The normalized spacial score (nSPS) is 22.2. The number of phenolic OH excluding ortho intramolecular Hbond substituents is 1. The number of hydrogen-bond donors (Lipinski definition) is 4. The Bertz CT molecular complexity index is 1850. The number of benzene rings is 4. The number of aliphatic hydroxyl groups excluding tert-OH is 2. The molecule has 3 amide bonds. The van der Waals surface area contributed by atoms with Gasteiger partial charge in [0.1, 0.15) is 18.4 Å². The quantitative estimate of drug-likeness (QED) is 0.140. The molecule has 0 spiro atoms. The summed E-state index contributed by atoms with van der Waals surface area (Å²) >= 11 is 0. The SMILES string of the molecule is CC1C(CN(C)CC(O)c2cccc(O)c2)OC(c2ccc(CN3C(=O)CC(NC(=O)OCc4ccccc4)C3=O)cc2)OC1c1ccc(CO)cc1. The first-order valence-electron chi connectivity index (χ1n) is 17.6. The lowest BCUT2D eigenvalue weighted by Gasteiger charge is -2.42. The number of aliphatic hydroxyl groups is 2. The van der Waals surface area contributed by atoms with Crippen molar-refractivity contribution in [1.29, 1.82) is 0 Å². The molecule has 278 valence electrons. The van der Waals surface area contributed by atoms with Crippen molar-refractivity contribution in [3.8, 4) is 5.75 Å². The predicted molar refractivity (Wildman–Crippen MR) is 194 cm³/mol. The highest BCUT2D eigenvalue weighted by atomic mass is 16.7. The molecule has 12 nitrogen and oxygen atoms in total. The molecule has 2 aliphatic heterocycles. The number of amides is 3. The molecular weight excluding hydrogens is 678 g/mol. The Labute approximate surface area is 308 Å². The second-order valence-electron chi connectivity index (χ2n) is 13.7. The largest absolute Gasteiger partial charge is 0.508 e. The average Bonchev–Trinajstić information content (AvgIpc) is 3.42. The van der Waals surface area contributed by atoms with E-state index in [-0.39, 0.29) is 50.1 Å². The molecule has 4 aromatic carbocycles. The Morgan fingerprint density at radius 2 is 1.62 bits per heavy atom. The molecule has 4 aromatic rings. The standard InChI is InChI=1S/C41H45N3O9/c1-26-36(23-43(2)22-35(47)32-9-6-10-33(46)19-32)52-40(53-38(26)30-15-13-28(24-45)14-16-30)31-17-11-27(12-18-31)21-44-37(48)20-34(39(44)49)42-41(50)51-25-29-7-4-3-5-8-29/h3-19,26,34-36,38,40,45-47H,20-25H2,1-2H3,(H,42,50). The molecule has 53 heavy (non-hydrogen) atoms. The summed E-state index contributed by atoms with van der Waals surface area (Å²) in [6.45, 7) is 2.86. The molecule has 0 radical (unpaired) electrons. The van der Waals surface area contributed by atoms with Crippen LogP contribution >= 0.6 is 0 Å². The van der Waals surface area contributed by atoms with Gasteiger partial charge in [0, 0.05) is 24.6 Å². The zero-order valence-electron chi connectivity index (χ0n) is 29.7. The zero-order chi connectivity index (χ0) is 37.5. The van der Waals surface area contributed by atoms with Gasteiger partial charge in [-0.2, -0.15) is 0 Å². The molecule has 6 atom stereocenters. The molecular formula is C41H45N3O9. The summed E-state index contributed by atoms with van der Waals surface area (Å²) in [5.41, 5.74) is 4.59. The number of phenols is 1. The number of aromatic hydroxyl groups is 1. The van der Waals surface area contributed by atoms with Crippen LogP contribution in [0.25, 0.3) is 0 Å². The Morgan fingerprint density at radius 1 is 0.925 bits per heavy atom. The molecule has 6 unspecified atom stereocenters. The Kier molecular flexibility index (Phi) is 12.2. The third-order valence-electron chi connectivity index (χ3n) is 9.70. The number of alkyl carbamates (subject to hydrolysis) is 1. The van der Waals surface area contributed by atoms with Gasteiger partial charge in [0.05, 0.1) is 37.9 Å². The van der Waals surface area contributed by atoms with E-state index in [1.54, 1.807) is 24.3 Å². The van der Waals surface area contributed by atoms with Crippen molar-refractivity contribution in [2.45, 2.75) is 63.7 Å². The maximum absolute atomic E-state index is 13.1. The topological polar surface area (TPSA) is 158 Å². The van der Waals surface area contributed by atoms with Crippen molar-refractivity contribution >= 4 is 17.9 Å². The fourth-order valence-corrected chi connectivity index (χ4v) is 6.67. The lowest BCUT2D eigenvalue weighted by Crippen LogP contribution is -2.44. The Hall–Kier alpha value is -5.11. The highest BCUT2D eigenvalue weighted by Gasteiger charge is 2.41. The van der Waals surface area contributed by atoms with Crippen LogP contribution < -0.4 is 5.32 Å². The van der Waals surface area contributed by atoms with Gasteiger partial charge in [-0.1, -0.05) is 97.9 Å². The van der Waals surface area contributed by atoms with Crippen molar-refractivity contribution in [2.24, 2.45) is 5.92 Å².